The summed E-state index contributed by atoms with van der Waals surface area (Å²) in [6.45, 7) is 0.559. The molecule has 0 unspecified atom stereocenters. The highest BCUT2D eigenvalue weighted by atomic mass is 16.5. The van der Waals surface area contributed by atoms with Gasteiger partial charge in [-0.15, -0.1) is 0 Å². The zero-order chi connectivity index (χ0) is 39.5. The maximum atomic E-state index is 6.65. The van der Waals surface area contributed by atoms with E-state index >= 15 is 0 Å². The number of hydrogen-bond acceptors (Lipinski definition) is 3. The molecule has 0 atom stereocenters. The van der Waals surface area contributed by atoms with E-state index in [9.17, 15) is 0 Å². The molecule has 0 N–H and O–H groups in total. The van der Waals surface area contributed by atoms with Crippen molar-refractivity contribution in [2.45, 2.75) is 13.0 Å². The van der Waals surface area contributed by atoms with Gasteiger partial charge in [0.1, 0.15) is 34.7 Å². The predicted molar refractivity (Wildman–Crippen MR) is 248 cm³/mol. The Hall–Kier alpha value is -8.02. The highest BCUT2D eigenvalue weighted by Crippen LogP contribution is 2.48. The monoisotopic (exact) mass is 780 g/mol. The van der Waals surface area contributed by atoms with Gasteiger partial charge in [0, 0.05) is 54.6 Å². The Kier molecular flexibility index (Phi) is 5.95. The molecule has 0 radical (unpaired) electrons. The number of para-hydroxylation sites is 2. The van der Waals surface area contributed by atoms with Crippen LogP contribution < -0.4 is 4.74 Å². The highest BCUT2D eigenvalue weighted by Gasteiger charge is 2.26. The summed E-state index contributed by atoms with van der Waals surface area (Å²) in [5.41, 5.74) is 19.3. The van der Waals surface area contributed by atoms with Crippen LogP contribution in [0.2, 0.25) is 0 Å². The molecule has 284 valence electrons. The average molecular weight is 781 g/mol. The lowest BCUT2D eigenvalue weighted by molar-refractivity contribution is 0.306. The Bertz CT molecular complexity index is 4100. The minimum atomic E-state index is 0.559. The number of benzene rings is 9. The van der Waals surface area contributed by atoms with Crippen molar-refractivity contribution in [2.24, 2.45) is 0 Å². The van der Waals surface area contributed by atoms with E-state index in [-0.39, 0.29) is 0 Å². The summed E-state index contributed by atoms with van der Waals surface area (Å²) in [6, 6.07) is 61.4. The molecule has 4 aromatic heterocycles. The van der Waals surface area contributed by atoms with Crippen molar-refractivity contribution >= 4 is 87.5 Å². The Morgan fingerprint density at radius 1 is 0.361 bits per heavy atom. The lowest BCUT2D eigenvalue weighted by Crippen LogP contribution is -2.05. The van der Waals surface area contributed by atoms with Crippen LogP contribution in [0.4, 0.5) is 0 Å². The zero-order valence-corrected chi connectivity index (χ0v) is 32.7. The van der Waals surface area contributed by atoms with E-state index in [0.29, 0.717) is 6.61 Å². The number of aromatic nitrogens is 2. The van der Waals surface area contributed by atoms with Crippen LogP contribution in [0.5, 0.6) is 5.75 Å². The number of fused-ring (bicyclic) bond motifs is 20. The van der Waals surface area contributed by atoms with Crippen LogP contribution in [0.1, 0.15) is 16.7 Å². The topological polar surface area (TPSA) is 45.4 Å². The van der Waals surface area contributed by atoms with Gasteiger partial charge >= 0.3 is 0 Å². The van der Waals surface area contributed by atoms with Gasteiger partial charge in [-0.2, -0.15) is 0 Å². The maximum Gasteiger partial charge on any atom is 0.137 e. The summed E-state index contributed by atoms with van der Waals surface area (Å²) in [4.78, 5) is 0. The first-order valence-corrected chi connectivity index (χ1v) is 21.0. The summed E-state index contributed by atoms with van der Waals surface area (Å²) in [7, 11) is 0. The van der Waals surface area contributed by atoms with Crippen molar-refractivity contribution in [3.8, 4) is 39.4 Å². The van der Waals surface area contributed by atoms with Gasteiger partial charge in [0.2, 0.25) is 0 Å². The molecule has 0 amide bonds. The highest BCUT2D eigenvalue weighted by molar-refractivity contribution is 6.18. The van der Waals surface area contributed by atoms with E-state index < -0.39 is 0 Å². The van der Waals surface area contributed by atoms with E-state index in [1.807, 2.05) is 0 Å². The summed E-state index contributed by atoms with van der Waals surface area (Å²) in [5.74, 6) is 0.948. The number of nitrogens with zero attached hydrogens (tertiary/aromatic N) is 2. The van der Waals surface area contributed by atoms with Crippen LogP contribution >= 0.6 is 0 Å². The Morgan fingerprint density at radius 3 is 1.56 bits per heavy atom. The normalized spacial score (nSPS) is 13.2. The molecule has 2 aliphatic rings. The molecule has 5 nitrogen and oxygen atoms in total. The fourth-order valence-corrected chi connectivity index (χ4v) is 11.0. The van der Waals surface area contributed by atoms with E-state index in [2.05, 4.69) is 179 Å². The standard InChI is InChI=1S/C56H32N2O3/c1-3-11-35-31(9-1)25-45-37(35)19-21-48-54(45)39-13-5-7-15-46(39)57(48)33-17-23-50-41(26-33)43-28-53-44(29-52(43)60-50)42-27-34(18-24-51(42)61-53)58-47-16-8-6-14-40(47)55-49(58)22-20-38-36-12-4-2-10-32(36)30-59-56(38)55/h1-24,26-29H,25,30H2. The third-order valence-electron chi connectivity index (χ3n) is 13.6. The van der Waals surface area contributed by atoms with Gasteiger partial charge < -0.3 is 22.7 Å². The summed E-state index contributed by atoms with van der Waals surface area (Å²) < 4.78 is 24.6. The van der Waals surface area contributed by atoms with Crippen LogP contribution in [0.3, 0.4) is 0 Å². The number of rotatable bonds is 2. The van der Waals surface area contributed by atoms with Gasteiger partial charge in [0.25, 0.3) is 0 Å². The second-order valence-corrected chi connectivity index (χ2v) is 16.7. The molecule has 0 saturated carbocycles. The van der Waals surface area contributed by atoms with Crippen LogP contribution in [-0.2, 0) is 13.0 Å². The number of ether oxygens (including phenoxy) is 1. The fourth-order valence-electron chi connectivity index (χ4n) is 11.0. The first kappa shape index (κ1) is 31.9. The number of furan rings is 2. The van der Waals surface area contributed by atoms with Crippen LogP contribution in [0.15, 0.2) is 179 Å². The maximum absolute atomic E-state index is 6.65. The number of hydrogen-bond donors (Lipinski definition) is 0. The van der Waals surface area contributed by atoms with Gasteiger partial charge in [0.05, 0.1) is 27.5 Å². The van der Waals surface area contributed by atoms with Crippen molar-refractivity contribution in [2.75, 3.05) is 0 Å². The third kappa shape index (κ3) is 4.15. The van der Waals surface area contributed by atoms with Crippen LogP contribution in [0.25, 0.3) is 121 Å². The molecule has 15 rings (SSSR count). The van der Waals surface area contributed by atoms with Crippen molar-refractivity contribution in [1.82, 2.24) is 9.13 Å². The quantitative estimate of drug-likeness (QED) is 0.175. The third-order valence-corrected chi connectivity index (χ3v) is 13.6. The van der Waals surface area contributed by atoms with E-state index in [4.69, 9.17) is 13.6 Å². The van der Waals surface area contributed by atoms with Crippen molar-refractivity contribution in [3.63, 3.8) is 0 Å². The Morgan fingerprint density at radius 2 is 0.885 bits per heavy atom. The summed E-state index contributed by atoms with van der Waals surface area (Å²) in [5, 5.41) is 9.10. The minimum absolute atomic E-state index is 0.559. The van der Waals surface area contributed by atoms with Crippen molar-refractivity contribution in [1.29, 1.82) is 0 Å². The molecule has 5 heterocycles. The molecule has 0 fully saturated rings. The van der Waals surface area contributed by atoms with Gasteiger partial charge in [-0.1, -0.05) is 91.0 Å². The molecule has 1 aliphatic heterocycles. The lowest BCUT2D eigenvalue weighted by atomic mass is 9.95. The molecular weight excluding hydrogens is 749 g/mol. The smallest absolute Gasteiger partial charge is 0.137 e. The molecule has 1 aliphatic carbocycles. The Balaban J connectivity index is 0.895. The van der Waals surface area contributed by atoms with E-state index in [1.54, 1.807) is 0 Å². The average Bonchev–Trinajstić information content (AvgIpc) is 4.12. The van der Waals surface area contributed by atoms with Gasteiger partial charge in [-0.3, -0.25) is 0 Å². The van der Waals surface area contributed by atoms with E-state index in [1.165, 1.54) is 60.6 Å². The SMILES string of the molecule is c1ccc2c(c1)Cc1c-2ccc2c1c1ccccc1n2-c1ccc2oc3cc4c(cc3c2c1)oc1ccc(-n2c3ccccc3c3c5c(ccc32)-c2ccccc2CO5)cc14. The van der Waals surface area contributed by atoms with Crippen molar-refractivity contribution < 1.29 is 13.6 Å². The second kappa shape index (κ2) is 11.4. The first-order chi connectivity index (χ1) is 30.2. The first-order valence-electron chi connectivity index (χ1n) is 21.0. The molecule has 0 saturated heterocycles. The summed E-state index contributed by atoms with van der Waals surface area (Å²) in [6.07, 6.45) is 0.946. The van der Waals surface area contributed by atoms with Gasteiger partial charge in [-0.25, -0.2) is 0 Å². The molecule has 61 heavy (non-hydrogen) atoms. The van der Waals surface area contributed by atoms with Crippen LogP contribution in [-0.4, -0.2) is 9.13 Å². The molecule has 0 bridgehead atoms. The largest absolute Gasteiger partial charge is 0.487 e. The molecule has 0 spiro atoms. The van der Waals surface area contributed by atoms with Gasteiger partial charge in [-0.05, 0) is 119 Å². The molecule has 9 aromatic carbocycles. The molecular formula is C56H32N2O3. The predicted octanol–water partition coefficient (Wildman–Crippen LogP) is 14.8. The zero-order valence-electron chi connectivity index (χ0n) is 32.7. The van der Waals surface area contributed by atoms with E-state index in [0.717, 1.165) is 89.4 Å². The minimum Gasteiger partial charge on any atom is -0.487 e. The molecule has 13 aromatic rings. The summed E-state index contributed by atoms with van der Waals surface area (Å²) >= 11 is 0. The van der Waals surface area contributed by atoms with Crippen molar-refractivity contribution in [3.05, 3.63) is 187 Å². The second-order valence-electron chi connectivity index (χ2n) is 16.7. The fraction of sp³-hybridized carbons (Fsp3) is 0.0357. The molecule has 5 heteroatoms. The Labute approximate surface area is 347 Å². The van der Waals surface area contributed by atoms with Gasteiger partial charge in [0.15, 0.2) is 0 Å². The lowest BCUT2D eigenvalue weighted by Gasteiger charge is -2.21. The van der Waals surface area contributed by atoms with Crippen LogP contribution in [0, 0.1) is 0 Å².